The second kappa shape index (κ2) is 9.61. The van der Waals surface area contributed by atoms with Gasteiger partial charge in [0, 0.05) is 30.8 Å². The Morgan fingerprint density at radius 3 is 2.12 bits per heavy atom. The molecule has 26 heavy (non-hydrogen) atoms. The minimum Gasteiger partial charge on any atom is -0.497 e. The van der Waals surface area contributed by atoms with Gasteiger partial charge in [-0.15, -0.1) is 0 Å². The van der Waals surface area contributed by atoms with Crippen LogP contribution >= 0.6 is 0 Å². The van der Waals surface area contributed by atoms with E-state index in [2.05, 4.69) is 5.32 Å². The van der Waals surface area contributed by atoms with Crippen molar-refractivity contribution in [3.63, 3.8) is 0 Å². The summed E-state index contributed by atoms with van der Waals surface area (Å²) in [5, 5.41) is 2.87. The zero-order valence-electron chi connectivity index (χ0n) is 15.6. The molecule has 0 bridgehead atoms. The molecule has 2 aromatic carbocycles. The first-order chi connectivity index (χ1) is 12.6. The van der Waals surface area contributed by atoms with Gasteiger partial charge in [-0.1, -0.05) is 12.1 Å². The molecular weight excluding hydrogens is 328 g/mol. The standard InChI is InChI=1S/C21H26N2O3/c1-4-23(5-2)21(25)17-9-11-18(12-10-17)22-20(24)15-8-16-6-13-19(26-3)14-7-16/h6-7,9-14H,4-5,8,15H2,1-3H3,(H,22,24). The van der Waals surface area contributed by atoms with Crippen LogP contribution in [0.5, 0.6) is 5.75 Å². The van der Waals surface area contributed by atoms with Gasteiger partial charge in [0.15, 0.2) is 0 Å². The number of hydrogen-bond acceptors (Lipinski definition) is 3. The second-order valence-electron chi connectivity index (χ2n) is 5.95. The van der Waals surface area contributed by atoms with Gasteiger partial charge in [0.2, 0.25) is 5.91 Å². The maximum Gasteiger partial charge on any atom is 0.253 e. The summed E-state index contributed by atoms with van der Waals surface area (Å²) in [6.45, 7) is 5.27. The van der Waals surface area contributed by atoms with Crippen LogP contribution in [0.15, 0.2) is 48.5 Å². The highest BCUT2D eigenvalue weighted by atomic mass is 16.5. The van der Waals surface area contributed by atoms with Crippen LogP contribution in [-0.2, 0) is 11.2 Å². The minimum absolute atomic E-state index is 0.00684. The van der Waals surface area contributed by atoms with Gasteiger partial charge < -0.3 is 15.0 Å². The largest absolute Gasteiger partial charge is 0.497 e. The lowest BCUT2D eigenvalue weighted by atomic mass is 10.1. The molecular formula is C21H26N2O3. The summed E-state index contributed by atoms with van der Waals surface area (Å²) in [6.07, 6.45) is 1.06. The van der Waals surface area contributed by atoms with Gasteiger partial charge in [0.1, 0.15) is 5.75 Å². The Hall–Kier alpha value is -2.82. The quantitative estimate of drug-likeness (QED) is 0.785. The summed E-state index contributed by atoms with van der Waals surface area (Å²) in [5.41, 5.74) is 2.41. The molecule has 0 atom stereocenters. The molecule has 0 spiro atoms. The number of carbonyl (C=O) groups is 2. The molecule has 0 saturated carbocycles. The molecule has 0 aliphatic carbocycles. The lowest BCUT2D eigenvalue weighted by molar-refractivity contribution is -0.116. The van der Waals surface area contributed by atoms with E-state index in [0.29, 0.717) is 37.2 Å². The number of amides is 2. The average molecular weight is 354 g/mol. The summed E-state index contributed by atoms with van der Waals surface area (Å²) in [4.78, 5) is 26.2. The van der Waals surface area contributed by atoms with Crippen molar-refractivity contribution in [1.82, 2.24) is 4.90 Å². The van der Waals surface area contributed by atoms with Gasteiger partial charge in [0.25, 0.3) is 5.91 Å². The first kappa shape index (κ1) is 19.5. The third-order valence-electron chi connectivity index (χ3n) is 4.27. The molecule has 0 aliphatic rings. The molecule has 0 aliphatic heterocycles. The molecule has 2 aromatic rings. The molecule has 2 amide bonds. The summed E-state index contributed by atoms with van der Waals surface area (Å²) in [7, 11) is 1.63. The Morgan fingerprint density at radius 1 is 0.962 bits per heavy atom. The molecule has 0 radical (unpaired) electrons. The third-order valence-corrected chi connectivity index (χ3v) is 4.27. The van der Waals surface area contributed by atoms with Crippen LogP contribution in [0.3, 0.4) is 0 Å². The van der Waals surface area contributed by atoms with Crippen LogP contribution in [0.25, 0.3) is 0 Å². The number of nitrogens with zero attached hydrogens (tertiary/aromatic N) is 1. The lowest BCUT2D eigenvalue weighted by Gasteiger charge is -2.18. The number of nitrogens with one attached hydrogen (secondary N) is 1. The van der Waals surface area contributed by atoms with Gasteiger partial charge in [-0.2, -0.15) is 0 Å². The number of carbonyl (C=O) groups excluding carboxylic acids is 2. The van der Waals surface area contributed by atoms with Crippen molar-refractivity contribution in [2.45, 2.75) is 26.7 Å². The molecule has 2 rings (SSSR count). The monoisotopic (exact) mass is 354 g/mol. The van der Waals surface area contributed by atoms with Crippen LogP contribution < -0.4 is 10.1 Å². The van der Waals surface area contributed by atoms with Crippen LogP contribution in [0, 0.1) is 0 Å². The first-order valence-electron chi connectivity index (χ1n) is 8.89. The normalized spacial score (nSPS) is 10.3. The molecule has 0 fully saturated rings. The predicted octanol–water partition coefficient (Wildman–Crippen LogP) is 3.75. The van der Waals surface area contributed by atoms with Crippen molar-refractivity contribution >= 4 is 17.5 Å². The van der Waals surface area contributed by atoms with E-state index in [1.165, 1.54) is 0 Å². The fourth-order valence-electron chi connectivity index (χ4n) is 2.66. The SMILES string of the molecule is CCN(CC)C(=O)c1ccc(NC(=O)CCc2ccc(OC)cc2)cc1. The summed E-state index contributed by atoms with van der Waals surface area (Å²) in [6, 6.07) is 14.7. The Balaban J connectivity index is 1.87. The Bertz CT molecular complexity index is 720. The number of anilines is 1. The maximum absolute atomic E-state index is 12.3. The molecule has 138 valence electrons. The topological polar surface area (TPSA) is 58.6 Å². The van der Waals surface area contributed by atoms with Crippen molar-refractivity contribution in [1.29, 1.82) is 0 Å². The summed E-state index contributed by atoms with van der Waals surface area (Å²) in [5.74, 6) is 0.758. The molecule has 0 heterocycles. The fourth-order valence-corrected chi connectivity index (χ4v) is 2.66. The zero-order chi connectivity index (χ0) is 18.9. The van der Waals surface area contributed by atoms with Crippen molar-refractivity contribution in [3.05, 3.63) is 59.7 Å². The van der Waals surface area contributed by atoms with Gasteiger partial charge in [-0.3, -0.25) is 9.59 Å². The van der Waals surface area contributed by atoms with E-state index in [1.807, 2.05) is 38.1 Å². The average Bonchev–Trinajstić information content (AvgIpc) is 2.68. The number of benzene rings is 2. The van der Waals surface area contributed by atoms with Crippen molar-refractivity contribution in [2.75, 3.05) is 25.5 Å². The van der Waals surface area contributed by atoms with Gasteiger partial charge in [-0.05, 0) is 62.2 Å². The smallest absolute Gasteiger partial charge is 0.253 e. The molecule has 5 nitrogen and oxygen atoms in total. The second-order valence-corrected chi connectivity index (χ2v) is 5.95. The molecule has 1 N–H and O–H groups in total. The fraction of sp³-hybridized carbons (Fsp3) is 0.333. The van der Waals surface area contributed by atoms with Gasteiger partial charge in [0.05, 0.1) is 7.11 Å². The minimum atomic E-state index is -0.0522. The number of hydrogen-bond donors (Lipinski definition) is 1. The van der Waals surface area contributed by atoms with Crippen LogP contribution in [-0.4, -0.2) is 36.9 Å². The Morgan fingerprint density at radius 2 is 1.58 bits per heavy atom. The van der Waals surface area contributed by atoms with Crippen molar-refractivity contribution < 1.29 is 14.3 Å². The highest BCUT2D eigenvalue weighted by molar-refractivity contribution is 5.95. The summed E-state index contributed by atoms with van der Waals surface area (Å²) < 4.78 is 5.12. The lowest BCUT2D eigenvalue weighted by Crippen LogP contribution is -2.30. The van der Waals surface area contributed by atoms with Crippen LogP contribution in [0.2, 0.25) is 0 Å². The Labute approximate surface area is 155 Å². The predicted molar refractivity (Wildman–Crippen MR) is 104 cm³/mol. The number of methoxy groups -OCH3 is 1. The van der Waals surface area contributed by atoms with Crippen LogP contribution in [0.1, 0.15) is 36.2 Å². The van der Waals surface area contributed by atoms with Crippen molar-refractivity contribution in [2.24, 2.45) is 0 Å². The van der Waals surface area contributed by atoms with Gasteiger partial charge >= 0.3 is 0 Å². The highest BCUT2D eigenvalue weighted by Gasteiger charge is 2.12. The van der Waals surface area contributed by atoms with E-state index in [4.69, 9.17) is 4.74 Å². The first-order valence-corrected chi connectivity index (χ1v) is 8.89. The highest BCUT2D eigenvalue weighted by Crippen LogP contribution is 2.14. The molecule has 0 aromatic heterocycles. The van der Waals surface area contributed by atoms with Gasteiger partial charge in [-0.25, -0.2) is 0 Å². The van der Waals surface area contributed by atoms with E-state index in [9.17, 15) is 9.59 Å². The third kappa shape index (κ3) is 5.34. The molecule has 0 unspecified atom stereocenters. The summed E-state index contributed by atoms with van der Waals surface area (Å²) >= 11 is 0. The maximum atomic E-state index is 12.3. The van der Waals surface area contributed by atoms with Crippen LogP contribution in [0.4, 0.5) is 5.69 Å². The number of rotatable bonds is 8. The van der Waals surface area contributed by atoms with E-state index in [-0.39, 0.29) is 11.8 Å². The Kier molecular flexibility index (Phi) is 7.21. The number of ether oxygens (including phenoxy) is 1. The molecule has 5 heteroatoms. The molecule has 0 saturated heterocycles. The van der Waals surface area contributed by atoms with E-state index in [1.54, 1.807) is 36.3 Å². The zero-order valence-corrected chi connectivity index (χ0v) is 15.6. The van der Waals surface area contributed by atoms with Crippen molar-refractivity contribution in [3.8, 4) is 5.75 Å². The van der Waals surface area contributed by atoms with E-state index >= 15 is 0 Å². The number of aryl methyl sites for hydroxylation is 1. The van der Waals surface area contributed by atoms with E-state index in [0.717, 1.165) is 11.3 Å². The van der Waals surface area contributed by atoms with E-state index < -0.39 is 0 Å².